The molecule has 0 aliphatic carbocycles. The van der Waals surface area contributed by atoms with Gasteiger partial charge in [0.1, 0.15) is 23.8 Å². The lowest BCUT2D eigenvalue weighted by atomic mass is 10.0. The van der Waals surface area contributed by atoms with Gasteiger partial charge >= 0.3 is 6.03 Å². The van der Waals surface area contributed by atoms with E-state index in [0.29, 0.717) is 25.9 Å². The molecule has 2 atom stereocenters. The maximum absolute atomic E-state index is 14.5. The van der Waals surface area contributed by atoms with Crippen molar-refractivity contribution in [1.82, 2.24) is 25.1 Å². The van der Waals surface area contributed by atoms with Gasteiger partial charge in [-0.3, -0.25) is 9.59 Å². The summed E-state index contributed by atoms with van der Waals surface area (Å²) in [5.74, 6) is -1.96. The molecule has 1 N–H and O–H groups in total. The Bertz CT molecular complexity index is 1130. The van der Waals surface area contributed by atoms with E-state index < -0.39 is 23.8 Å². The molecule has 2 aliphatic rings. The fourth-order valence-corrected chi connectivity index (χ4v) is 4.99. The average Bonchev–Trinajstić information content (AvgIpc) is 2.89. The lowest BCUT2D eigenvalue weighted by molar-refractivity contribution is -0.191. The second-order valence-corrected chi connectivity index (χ2v) is 9.36. The Kier molecular flexibility index (Phi) is 8.38. The molecule has 4 amide bonds. The standard InChI is InChI=1S/C27H33F2N5O3/c1-3-5-11-23-26(36)31(16-20-12-13-21(28)14-22(20)29)17-24-33(23)25(35)18-32(4-2)34(24)27(37)30-15-19-9-7-6-8-10-19/h6-10,12-14,23-24H,3-5,11,15-18H2,1-2H3,(H,30,37)/t23-,24-/m0/s1. The zero-order chi connectivity index (χ0) is 26.5. The molecule has 0 spiro atoms. The number of carbonyl (C=O) groups is 3. The highest BCUT2D eigenvalue weighted by atomic mass is 19.1. The number of hydrogen-bond acceptors (Lipinski definition) is 4. The first-order valence-electron chi connectivity index (χ1n) is 12.7. The van der Waals surface area contributed by atoms with E-state index in [4.69, 9.17) is 0 Å². The number of fused-ring (bicyclic) bond motifs is 1. The van der Waals surface area contributed by atoms with Crippen molar-refractivity contribution in [1.29, 1.82) is 0 Å². The zero-order valence-corrected chi connectivity index (χ0v) is 21.2. The first kappa shape index (κ1) is 26.5. The smallest absolute Gasteiger partial charge is 0.333 e. The molecular weight excluding hydrogens is 480 g/mol. The lowest BCUT2D eigenvalue weighted by Gasteiger charge is -2.55. The molecule has 0 radical (unpaired) electrons. The van der Waals surface area contributed by atoms with E-state index in [1.807, 2.05) is 44.2 Å². The van der Waals surface area contributed by atoms with Crippen molar-refractivity contribution >= 4 is 17.8 Å². The molecule has 2 heterocycles. The van der Waals surface area contributed by atoms with Crippen LogP contribution in [-0.2, 0) is 22.7 Å². The highest BCUT2D eigenvalue weighted by Crippen LogP contribution is 2.30. The second kappa shape index (κ2) is 11.7. The van der Waals surface area contributed by atoms with Crippen LogP contribution in [0.2, 0.25) is 0 Å². The predicted octanol–water partition coefficient (Wildman–Crippen LogP) is 3.48. The van der Waals surface area contributed by atoms with E-state index in [0.717, 1.165) is 24.1 Å². The van der Waals surface area contributed by atoms with Gasteiger partial charge in [0, 0.05) is 31.3 Å². The minimum atomic E-state index is -0.766. The minimum Gasteiger partial charge on any atom is -0.333 e. The number of urea groups is 1. The molecule has 4 rings (SSSR count). The van der Waals surface area contributed by atoms with Gasteiger partial charge in [0.05, 0.1) is 13.1 Å². The number of halogens is 2. The van der Waals surface area contributed by atoms with Gasteiger partial charge in [-0.05, 0) is 18.1 Å². The number of likely N-dealkylation sites (N-methyl/N-ethyl adjacent to an activating group) is 1. The summed E-state index contributed by atoms with van der Waals surface area (Å²) in [6, 6.07) is 11.6. The summed E-state index contributed by atoms with van der Waals surface area (Å²) >= 11 is 0. The second-order valence-electron chi connectivity index (χ2n) is 9.36. The van der Waals surface area contributed by atoms with Crippen molar-refractivity contribution in [3.05, 3.63) is 71.3 Å². The molecule has 0 bridgehead atoms. The quantitative estimate of drug-likeness (QED) is 0.587. The summed E-state index contributed by atoms with van der Waals surface area (Å²) in [5.41, 5.74) is 1.10. The maximum atomic E-state index is 14.5. The number of hydrogen-bond donors (Lipinski definition) is 1. The number of nitrogens with zero attached hydrogens (tertiary/aromatic N) is 4. The van der Waals surface area contributed by atoms with Crippen molar-refractivity contribution in [3.8, 4) is 0 Å². The topological polar surface area (TPSA) is 76.2 Å². The monoisotopic (exact) mass is 513 g/mol. The molecule has 2 fully saturated rings. The van der Waals surface area contributed by atoms with Gasteiger partial charge < -0.3 is 15.1 Å². The number of amides is 4. The summed E-state index contributed by atoms with van der Waals surface area (Å²) < 4.78 is 27.9. The molecule has 0 aromatic heterocycles. The van der Waals surface area contributed by atoms with Gasteiger partial charge in [0.25, 0.3) is 0 Å². The van der Waals surface area contributed by atoms with Crippen molar-refractivity contribution in [2.24, 2.45) is 0 Å². The highest BCUT2D eigenvalue weighted by Gasteiger charge is 2.50. The van der Waals surface area contributed by atoms with Crippen LogP contribution in [0.4, 0.5) is 13.6 Å². The third-order valence-corrected chi connectivity index (χ3v) is 6.90. The summed E-state index contributed by atoms with van der Waals surface area (Å²) in [6.07, 6.45) is 1.22. The molecule has 10 heteroatoms. The van der Waals surface area contributed by atoms with Crippen molar-refractivity contribution < 1.29 is 23.2 Å². The maximum Gasteiger partial charge on any atom is 0.334 e. The van der Waals surface area contributed by atoms with Crippen LogP contribution >= 0.6 is 0 Å². The number of nitrogens with one attached hydrogen (secondary N) is 1. The van der Waals surface area contributed by atoms with Gasteiger partial charge in [0.15, 0.2) is 0 Å². The van der Waals surface area contributed by atoms with Crippen LogP contribution in [0.25, 0.3) is 0 Å². The van der Waals surface area contributed by atoms with E-state index in [9.17, 15) is 23.2 Å². The number of benzene rings is 2. The van der Waals surface area contributed by atoms with Gasteiger partial charge in [-0.2, -0.15) is 0 Å². The molecule has 8 nitrogen and oxygen atoms in total. The van der Waals surface area contributed by atoms with Crippen LogP contribution in [0.1, 0.15) is 44.2 Å². The number of unbranched alkanes of at least 4 members (excludes halogenated alkanes) is 1. The van der Waals surface area contributed by atoms with Crippen molar-refractivity contribution in [3.63, 3.8) is 0 Å². The zero-order valence-electron chi connectivity index (χ0n) is 21.2. The van der Waals surface area contributed by atoms with Gasteiger partial charge in [-0.1, -0.05) is 63.1 Å². The molecule has 2 saturated heterocycles. The largest absolute Gasteiger partial charge is 0.334 e. The fourth-order valence-electron chi connectivity index (χ4n) is 4.99. The Morgan fingerprint density at radius 2 is 1.84 bits per heavy atom. The van der Waals surface area contributed by atoms with Crippen LogP contribution in [0.5, 0.6) is 0 Å². The Labute approximate surface area is 215 Å². The highest BCUT2D eigenvalue weighted by molar-refractivity contribution is 5.91. The van der Waals surface area contributed by atoms with Gasteiger partial charge in [-0.15, -0.1) is 0 Å². The van der Waals surface area contributed by atoms with Crippen LogP contribution < -0.4 is 5.32 Å². The summed E-state index contributed by atoms with van der Waals surface area (Å²) in [5, 5.41) is 6.12. The molecule has 0 saturated carbocycles. The number of hydrazine groups is 1. The lowest BCUT2D eigenvalue weighted by Crippen LogP contribution is -2.76. The normalized spacial score (nSPS) is 20.3. The van der Waals surface area contributed by atoms with E-state index in [1.165, 1.54) is 20.9 Å². The Hall–Kier alpha value is -3.53. The molecule has 37 heavy (non-hydrogen) atoms. The number of carbonyl (C=O) groups excluding carboxylic acids is 3. The molecular formula is C27H33F2N5O3. The summed E-state index contributed by atoms with van der Waals surface area (Å²) in [6.45, 7) is 4.47. The van der Waals surface area contributed by atoms with E-state index >= 15 is 0 Å². The average molecular weight is 514 g/mol. The van der Waals surface area contributed by atoms with E-state index in [2.05, 4.69) is 5.32 Å². The molecule has 2 aromatic rings. The van der Waals surface area contributed by atoms with Gasteiger partial charge in [0.2, 0.25) is 11.8 Å². The van der Waals surface area contributed by atoms with E-state index in [1.54, 1.807) is 5.01 Å². The summed E-state index contributed by atoms with van der Waals surface area (Å²) in [7, 11) is 0. The fraction of sp³-hybridized carbons (Fsp3) is 0.444. The Balaban J connectivity index is 1.64. The molecule has 0 unspecified atom stereocenters. The number of piperazine rings is 1. The third-order valence-electron chi connectivity index (χ3n) is 6.90. The Morgan fingerprint density at radius 1 is 1.08 bits per heavy atom. The number of rotatable bonds is 8. The molecule has 198 valence electrons. The molecule has 2 aliphatic heterocycles. The molecule has 2 aromatic carbocycles. The van der Waals surface area contributed by atoms with Crippen LogP contribution in [0, 0.1) is 11.6 Å². The van der Waals surface area contributed by atoms with E-state index in [-0.39, 0.29) is 43.0 Å². The summed E-state index contributed by atoms with van der Waals surface area (Å²) in [4.78, 5) is 43.3. The minimum absolute atomic E-state index is 0.0132. The van der Waals surface area contributed by atoms with Crippen LogP contribution in [0.3, 0.4) is 0 Å². The van der Waals surface area contributed by atoms with Crippen LogP contribution in [0.15, 0.2) is 48.5 Å². The first-order chi connectivity index (χ1) is 17.8. The van der Waals surface area contributed by atoms with Gasteiger partial charge in [-0.25, -0.2) is 23.6 Å². The van der Waals surface area contributed by atoms with Crippen molar-refractivity contribution in [2.75, 3.05) is 19.6 Å². The SMILES string of the molecule is CCCC[C@H]1C(=O)N(Cc2ccc(F)cc2F)C[C@H]2N1C(=O)CN(CC)N2C(=O)NCc1ccccc1. The first-order valence-corrected chi connectivity index (χ1v) is 12.7. The predicted molar refractivity (Wildman–Crippen MR) is 133 cm³/mol. The third kappa shape index (κ3) is 5.74. The van der Waals surface area contributed by atoms with Crippen molar-refractivity contribution in [2.45, 2.75) is 58.4 Å². The van der Waals surface area contributed by atoms with Crippen LogP contribution in [-0.4, -0.2) is 69.5 Å². The Morgan fingerprint density at radius 3 is 2.51 bits per heavy atom.